The lowest BCUT2D eigenvalue weighted by Gasteiger charge is -2.30. The molecule has 0 aliphatic carbocycles. The summed E-state index contributed by atoms with van der Waals surface area (Å²) in [4.78, 5) is 26.0. The van der Waals surface area contributed by atoms with Crippen molar-refractivity contribution in [3.63, 3.8) is 0 Å². The smallest absolute Gasteiger partial charge is 0.410 e. The number of hydrogen-bond acceptors (Lipinski definition) is 4. The van der Waals surface area contributed by atoms with E-state index in [0.29, 0.717) is 11.6 Å². The van der Waals surface area contributed by atoms with E-state index in [1.165, 1.54) is 0 Å². The van der Waals surface area contributed by atoms with Gasteiger partial charge in [0.2, 0.25) is 0 Å². The van der Waals surface area contributed by atoms with Gasteiger partial charge in [-0.25, -0.2) is 4.79 Å². The lowest BCUT2D eigenvalue weighted by Crippen LogP contribution is -2.42. The number of nitrogens with zero attached hydrogens (tertiary/aromatic N) is 1. The van der Waals surface area contributed by atoms with Crippen LogP contribution in [0.4, 0.5) is 4.79 Å². The summed E-state index contributed by atoms with van der Waals surface area (Å²) < 4.78 is 5.55. The number of nitrogens with one attached hydrogen (secondary N) is 2. The second kappa shape index (κ2) is 9.92. The summed E-state index contributed by atoms with van der Waals surface area (Å²) in [5.74, 6) is -0.0633. The summed E-state index contributed by atoms with van der Waals surface area (Å²) >= 11 is 0. The van der Waals surface area contributed by atoms with Gasteiger partial charge in [0.15, 0.2) is 0 Å². The highest BCUT2D eigenvalue weighted by Gasteiger charge is 2.32. The van der Waals surface area contributed by atoms with Crippen LogP contribution in [0.5, 0.6) is 0 Å². The van der Waals surface area contributed by atoms with E-state index in [4.69, 9.17) is 4.74 Å². The molecular weight excluding hydrogens is 354 g/mol. The molecule has 2 rings (SSSR count). The Kier molecular flexibility index (Phi) is 7.87. The van der Waals surface area contributed by atoms with E-state index >= 15 is 0 Å². The molecule has 2 N–H and O–H groups in total. The first-order valence-corrected chi connectivity index (χ1v) is 10.2. The maximum Gasteiger partial charge on any atom is 0.410 e. The van der Waals surface area contributed by atoms with Gasteiger partial charge in [0, 0.05) is 31.2 Å². The van der Waals surface area contributed by atoms with Crippen LogP contribution in [0.15, 0.2) is 24.3 Å². The Balaban J connectivity index is 1.80. The second-order valence-electron chi connectivity index (χ2n) is 8.59. The van der Waals surface area contributed by atoms with Gasteiger partial charge in [0.05, 0.1) is 0 Å². The molecule has 2 amide bonds. The average Bonchev–Trinajstić information content (AvgIpc) is 3.08. The number of rotatable bonds is 7. The van der Waals surface area contributed by atoms with Gasteiger partial charge in [-0.2, -0.15) is 0 Å². The van der Waals surface area contributed by atoms with Crippen molar-refractivity contribution in [2.24, 2.45) is 0 Å². The van der Waals surface area contributed by atoms with Crippen molar-refractivity contribution >= 4 is 12.0 Å². The molecule has 6 nitrogen and oxygen atoms in total. The normalized spacial score (nSPS) is 18.0. The van der Waals surface area contributed by atoms with Crippen LogP contribution in [-0.4, -0.2) is 54.7 Å². The number of amides is 2. The van der Waals surface area contributed by atoms with Crippen molar-refractivity contribution in [2.45, 2.75) is 71.1 Å². The minimum atomic E-state index is -0.461. The summed E-state index contributed by atoms with van der Waals surface area (Å²) in [6.07, 6.45) is 3.63. The van der Waals surface area contributed by atoms with Gasteiger partial charge < -0.3 is 20.3 Å². The molecule has 28 heavy (non-hydrogen) atoms. The first kappa shape index (κ1) is 22.2. The number of carbonyl (C=O) groups excluding carboxylic acids is 2. The van der Waals surface area contributed by atoms with Gasteiger partial charge in [-0.3, -0.25) is 4.79 Å². The third-order valence-corrected chi connectivity index (χ3v) is 4.95. The van der Waals surface area contributed by atoms with E-state index in [0.717, 1.165) is 44.3 Å². The highest BCUT2D eigenvalue weighted by molar-refractivity contribution is 5.94. The maximum absolute atomic E-state index is 12.4. The number of benzene rings is 1. The third-order valence-electron chi connectivity index (χ3n) is 4.95. The number of carbonyl (C=O) groups is 2. The van der Waals surface area contributed by atoms with Gasteiger partial charge in [-0.1, -0.05) is 12.1 Å². The SMILES string of the molecule is CNC(=O)c1cccc(CCN[C@@H](C)C[C@H]2CCCN2C(=O)OC(C)(C)C)c1. The van der Waals surface area contributed by atoms with Gasteiger partial charge in [0.25, 0.3) is 5.91 Å². The molecule has 1 aliphatic heterocycles. The molecule has 1 aromatic carbocycles. The maximum atomic E-state index is 12.4. The van der Waals surface area contributed by atoms with E-state index in [1.54, 1.807) is 7.05 Å². The molecule has 0 radical (unpaired) electrons. The second-order valence-corrected chi connectivity index (χ2v) is 8.59. The Hall–Kier alpha value is -2.08. The summed E-state index contributed by atoms with van der Waals surface area (Å²) in [6.45, 7) is 9.47. The molecule has 0 saturated carbocycles. The molecular formula is C22H35N3O3. The van der Waals surface area contributed by atoms with Crippen LogP contribution >= 0.6 is 0 Å². The lowest BCUT2D eigenvalue weighted by atomic mass is 10.0. The predicted molar refractivity (Wildman–Crippen MR) is 112 cm³/mol. The zero-order chi connectivity index (χ0) is 20.7. The van der Waals surface area contributed by atoms with Gasteiger partial charge in [-0.05, 0) is 77.6 Å². The van der Waals surface area contributed by atoms with Gasteiger partial charge >= 0.3 is 6.09 Å². The Morgan fingerprint density at radius 3 is 2.75 bits per heavy atom. The summed E-state index contributed by atoms with van der Waals surface area (Å²) in [7, 11) is 1.64. The van der Waals surface area contributed by atoms with E-state index in [2.05, 4.69) is 17.6 Å². The van der Waals surface area contributed by atoms with Gasteiger partial charge in [-0.15, -0.1) is 0 Å². The van der Waals surface area contributed by atoms with Crippen LogP contribution in [-0.2, 0) is 11.2 Å². The van der Waals surface area contributed by atoms with Crippen LogP contribution in [0.2, 0.25) is 0 Å². The van der Waals surface area contributed by atoms with E-state index < -0.39 is 5.60 Å². The summed E-state index contributed by atoms with van der Waals surface area (Å²) in [6, 6.07) is 8.25. The molecule has 6 heteroatoms. The van der Waals surface area contributed by atoms with Crippen molar-refractivity contribution in [2.75, 3.05) is 20.1 Å². The Bertz CT molecular complexity index is 669. The van der Waals surface area contributed by atoms with Crippen molar-refractivity contribution < 1.29 is 14.3 Å². The number of likely N-dealkylation sites (tertiary alicyclic amines) is 1. The Morgan fingerprint density at radius 1 is 1.32 bits per heavy atom. The van der Waals surface area contributed by atoms with Crippen LogP contribution in [0.3, 0.4) is 0 Å². The van der Waals surface area contributed by atoms with E-state index in [1.807, 2.05) is 49.9 Å². The average molecular weight is 390 g/mol. The molecule has 0 bridgehead atoms. The van der Waals surface area contributed by atoms with E-state index in [9.17, 15) is 9.59 Å². The fraction of sp³-hybridized carbons (Fsp3) is 0.636. The minimum absolute atomic E-state index is 0.0633. The molecule has 0 spiro atoms. The van der Waals surface area contributed by atoms with Crippen molar-refractivity contribution in [3.8, 4) is 0 Å². The fourth-order valence-electron chi connectivity index (χ4n) is 3.61. The summed E-state index contributed by atoms with van der Waals surface area (Å²) in [5, 5.41) is 6.20. The van der Waals surface area contributed by atoms with E-state index in [-0.39, 0.29) is 18.0 Å². The number of hydrogen-bond donors (Lipinski definition) is 2. The zero-order valence-electron chi connectivity index (χ0n) is 17.9. The first-order valence-electron chi connectivity index (χ1n) is 10.2. The molecule has 1 aromatic rings. The van der Waals surface area contributed by atoms with Crippen LogP contribution in [0.25, 0.3) is 0 Å². The number of ether oxygens (including phenoxy) is 1. The van der Waals surface area contributed by atoms with Gasteiger partial charge in [0.1, 0.15) is 5.60 Å². The van der Waals surface area contributed by atoms with Crippen LogP contribution < -0.4 is 10.6 Å². The minimum Gasteiger partial charge on any atom is -0.444 e. The molecule has 1 saturated heterocycles. The van der Waals surface area contributed by atoms with Crippen molar-refractivity contribution in [1.82, 2.24) is 15.5 Å². The molecule has 0 unspecified atom stereocenters. The molecule has 0 aromatic heterocycles. The van der Waals surface area contributed by atoms with Crippen LogP contribution in [0.1, 0.15) is 62.9 Å². The highest BCUT2D eigenvalue weighted by Crippen LogP contribution is 2.24. The molecule has 156 valence electrons. The molecule has 1 heterocycles. The third kappa shape index (κ3) is 6.82. The predicted octanol–water partition coefficient (Wildman–Crippen LogP) is 3.36. The molecule has 1 fully saturated rings. The standard InChI is InChI=1S/C22H35N3O3/c1-16(14-19-10-7-13-25(19)21(27)28-22(2,3)4)24-12-11-17-8-6-9-18(15-17)20(26)23-5/h6,8-9,15-16,19,24H,7,10-14H2,1-5H3,(H,23,26)/t16-,19+/m0/s1. The first-order chi connectivity index (χ1) is 13.2. The topological polar surface area (TPSA) is 70.7 Å². The largest absolute Gasteiger partial charge is 0.444 e. The van der Waals surface area contributed by atoms with Crippen LogP contribution in [0, 0.1) is 0 Å². The molecule has 1 aliphatic rings. The Morgan fingerprint density at radius 2 is 2.07 bits per heavy atom. The highest BCUT2D eigenvalue weighted by atomic mass is 16.6. The van der Waals surface area contributed by atoms with Crippen molar-refractivity contribution in [1.29, 1.82) is 0 Å². The monoisotopic (exact) mass is 389 g/mol. The van der Waals surface area contributed by atoms with Crippen molar-refractivity contribution in [3.05, 3.63) is 35.4 Å². The zero-order valence-corrected chi connectivity index (χ0v) is 17.9. The molecule has 2 atom stereocenters. The summed E-state index contributed by atoms with van der Waals surface area (Å²) in [5.41, 5.74) is 1.36. The lowest BCUT2D eigenvalue weighted by molar-refractivity contribution is 0.0214. The fourth-order valence-corrected chi connectivity index (χ4v) is 3.61. The Labute approximate surface area is 169 Å². The quantitative estimate of drug-likeness (QED) is 0.750.